The summed E-state index contributed by atoms with van der Waals surface area (Å²) in [5.41, 5.74) is 11.3. The maximum absolute atomic E-state index is 7.10. The Morgan fingerprint density at radius 2 is 1.04 bits per heavy atom. The average molecular weight is 705 g/mol. The van der Waals surface area contributed by atoms with Crippen molar-refractivity contribution >= 4 is 40.0 Å². The summed E-state index contributed by atoms with van der Waals surface area (Å²) in [5, 5.41) is 2.32. The van der Waals surface area contributed by atoms with Crippen molar-refractivity contribution in [3.05, 3.63) is 240 Å². The molecule has 0 N–H and O–H groups in total. The molecule has 0 saturated heterocycles. The number of rotatable bonds is 8. The summed E-state index contributed by atoms with van der Waals surface area (Å²) < 4.78 is 7.10. The maximum Gasteiger partial charge on any atom is 0.178 e. The van der Waals surface area contributed by atoms with Crippen molar-refractivity contribution in [1.82, 2.24) is 0 Å². The van der Waals surface area contributed by atoms with Gasteiger partial charge in [0.15, 0.2) is 11.8 Å². The van der Waals surface area contributed by atoms with Crippen molar-refractivity contribution in [2.45, 2.75) is 5.60 Å². The standard InChI is InChI=1S/C52H36N2O/c1-53-36-34-38-17-19-39(20-18-38)40-21-27-45(28-22-40)52(44-11-5-2-6-12-44)35-33-50-49-31-25-42(37-43(49)26-32-51(50)55-52)41-23-29-48(30-24-41)54(46-13-7-3-8-14-46)47-15-9-4-10-16-47/h2-37H/b36-34-. The van der Waals surface area contributed by atoms with Gasteiger partial charge in [-0.05, 0) is 99.3 Å². The van der Waals surface area contributed by atoms with E-state index in [4.69, 9.17) is 11.3 Å². The summed E-state index contributed by atoms with van der Waals surface area (Å²) in [4.78, 5) is 5.60. The number of ether oxygens (including phenoxy) is 1. The van der Waals surface area contributed by atoms with E-state index in [9.17, 15) is 0 Å². The lowest BCUT2D eigenvalue weighted by atomic mass is 9.82. The highest BCUT2D eigenvalue weighted by molar-refractivity contribution is 5.96. The van der Waals surface area contributed by atoms with Gasteiger partial charge in [-0.3, -0.25) is 0 Å². The quantitative estimate of drug-likeness (QED) is 0.146. The minimum atomic E-state index is -0.788. The second-order valence-electron chi connectivity index (χ2n) is 13.6. The molecule has 8 aromatic rings. The fourth-order valence-electron chi connectivity index (χ4n) is 7.57. The van der Waals surface area contributed by atoms with Gasteiger partial charge in [-0.15, -0.1) is 0 Å². The van der Waals surface area contributed by atoms with Crippen LogP contribution in [0.4, 0.5) is 17.1 Å². The molecular formula is C52H36N2O. The highest BCUT2D eigenvalue weighted by Gasteiger charge is 2.37. The van der Waals surface area contributed by atoms with Crippen LogP contribution in [0.5, 0.6) is 5.75 Å². The average Bonchev–Trinajstić information content (AvgIpc) is 3.27. The summed E-state index contributed by atoms with van der Waals surface area (Å²) in [6, 6.07) is 68.2. The van der Waals surface area contributed by atoms with E-state index in [0.717, 1.165) is 72.5 Å². The molecule has 0 aromatic heterocycles. The van der Waals surface area contributed by atoms with Crippen molar-refractivity contribution in [1.29, 1.82) is 0 Å². The first-order valence-electron chi connectivity index (χ1n) is 18.4. The van der Waals surface area contributed by atoms with E-state index in [-0.39, 0.29) is 0 Å². The molecule has 0 spiro atoms. The third-order valence-corrected chi connectivity index (χ3v) is 10.4. The van der Waals surface area contributed by atoms with Gasteiger partial charge in [0.1, 0.15) is 5.75 Å². The zero-order valence-corrected chi connectivity index (χ0v) is 30.1. The molecule has 3 heteroatoms. The summed E-state index contributed by atoms with van der Waals surface area (Å²) >= 11 is 0. The van der Waals surface area contributed by atoms with Crippen molar-refractivity contribution in [3.63, 3.8) is 0 Å². The predicted molar refractivity (Wildman–Crippen MR) is 228 cm³/mol. The van der Waals surface area contributed by atoms with Crippen LogP contribution in [0.3, 0.4) is 0 Å². The first-order chi connectivity index (χ1) is 27.2. The molecule has 1 unspecified atom stereocenters. The fraction of sp³-hybridized carbons (Fsp3) is 0.0192. The van der Waals surface area contributed by atoms with Crippen molar-refractivity contribution < 1.29 is 4.74 Å². The van der Waals surface area contributed by atoms with E-state index in [1.165, 1.54) is 11.8 Å². The number of anilines is 3. The van der Waals surface area contributed by atoms with E-state index < -0.39 is 5.60 Å². The van der Waals surface area contributed by atoms with Crippen molar-refractivity contribution in [2.75, 3.05) is 4.90 Å². The van der Waals surface area contributed by atoms with E-state index >= 15 is 0 Å². The monoisotopic (exact) mass is 704 g/mol. The molecule has 1 heterocycles. The molecular weight excluding hydrogens is 669 g/mol. The maximum atomic E-state index is 7.10. The van der Waals surface area contributed by atoms with Gasteiger partial charge in [0.05, 0.1) is 6.57 Å². The summed E-state index contributed by atoms with van der Waals surface area (Å²) in [6.45, 7) is 7.00. The lowest BCUT2D eigenvalue weighted by Crippen LogP contribution is -2.34. The van der Waals surface area contributed by atoms with E-state index in [1.54, 1.807) is 0 Å². The second kappa shape index (κ2) is 14.5. The Kier molecular flexibility index (Phi) is 8.84. The zero-order chi connectivity index (χ0) is 37.0. The number of hydrogen-bond donors (Lipinski definition) is 0. The molecule has 55 heavy (non-hydrogen) atoms. The molecule has 1 atom stereocenters. The largest absolute Gasteiger partial charge is 0.473 e. The van der Waals surface area contributed by atoms with Gasteiger partial charge in [0.2, 0.25) is 0 Å². The Morgan fingerprint density at radius 1 is 0.509 bits per heavy atom. The Morgan fingerprint density at radius 3 is 1.67 bits per heavy atom. The zero-order valence-electron chi connectivity index (χ0n) is 30.1. The number of para-hydroxylation sites is 2. The summed E-state index contributed by atoms with van der Waals surface area (Å²) in [5.74, 6) is 0.852. The molecule has 0 fully saturated rings. The van der Waals surface area contributed by atoms with Gasteiger partial charge < -0.3 is 9.64 Å². The highest BCUT2D eigenvalue weighted by atomic mass is 16.5. The topological polar surface area (TPSA) is 16.8 Å². The van der Waals surface area contributed by atoms with Gasteiger partial charge in [-0.25, -0.2) is 4.85 Å². The summed E-state index contributed by atoms with van der Waals surface area (Å²) in [6.07, 6.45) is 7.74. The molecule has 0 bridgehead atoms. The smallest absolute Gasteiger partial charge is 0.178 e. The van der Waals surface area contributed by atoms with Crippen LogP contribution in [0.2, 0.25) is 0 Å². The third kappa shape index (κ3) is 6.48. The number of nitrogens with zero attached hydrogens (tertiary/aromatic N) is 2. The van der Waals surface area contributed by atoms with Crippen LogP contribution in [0.1, 0.15) is 22.3 Å². The van der Waals surface area contributed by atoms with Crippen LogP contribution in [0, 0.1) is 6.57 Å². The minimum Gasteiger partial charge on any atom is -0.473 e. The normalized spacial score (nSPS) is 14.6. The van der Waals surface area contributed by atoms with Crippen LogP contribution < -0.4 is 9.64 Å². The molecule has 1 aliphatic rings. The second-order valence-corrected chi connectivity index (χ2v) is 13.6. The molecule has 3 nitrogen and oxygen atoms in total. The Labute approximate surface area is 322 Å². The molecule has 0 aliphatic carbocycles. The molecule has 0 amide bonds. The highest BCUT2D eigenvalue weighted by Crippen LogP contribution is 2.45. The van der Waals surface area contributed by atoms with Crippen LogP contribution in [0.25, 0.3) is 50.0 Å². The van der Waals surface area contributed by atoms with E-state index in [0.29, 0.717) is 0 Å². The van der Waals surface area contributed by atoms with Gasteiger partial charge in [0, 0.05) is 33.8 Å². The van der Waals surface area contributed by atoms with Crippen LogP contribution >= 0.6 is 0 Å². The van der Waals surface area contributed by atoms with Crippen molar-refractivity contribution in [3.8, 4) is 28.0 Å². The van der Waals surface area contributed by atoms with Crippen molar-refractivity contribution in [2.24, 2.45) is 0 Å². The predicted octanol–water partition coefficient (Wildman–Crippen LogP) is 13.9. The molecule has 0 saturated carbocycles. The number of benzene rings is 8. The Hall–Kier alpha value is -7.41. The van der Waals surface area contributed by atoms with Gasteiger partial charge >= 0.3 is 0 Å². The molecule has 1 aliphatic heterocycles. The molecule has 0 radical (unpaired) electrons. The fourth-order valence-corrected chi connectivity index (χ4v) is 7.57. The lowest BCUT2D eigenvalue weighted by molar-refractivity contribution is 0.161. The first kappa shape index (κ1) is 33.4. The SMILES string of the molecule is [C-]#[N+]/C=C\c1ccc(-c2ccc(C3(c4ccccc4)C=Cc4c(ccc5cc(-c6ccc(N(c7ccccc7)c7ccccc7)cc6)ccc45)O3)cc2)cc1. The van der Waals surface area contributed by atoms with E-state index in [2.05, 4.69) is 198 Å². The van der Waals surface area contributed by atoms with Crippen LogP contribution in [-0.4, -0.2) is 0 Å². The van der Waals surface area contributed by atoms with E-state index in [1.807, 2.05) is 24.3 Å². The van der Waals surface area contributed by atoms with Crippen LogP contribution in [0.15, 0.2) is 206 Å². The number of hydrogen-bond acceptors (Lipinski definition) is 2. The Bertz CT molecular complexity index is 2660. The Balaban J connectivity index is 1.02. The molecule has 9 rings (SSSR count). The number of fused-ring (bicyclic) bond motifs is 3. The lowest BCUT2D eigenvalue weighted by Gasteiger charge is -2.36. The first-order valence-corrected chi connectivity index (χ1v) is 18.4. The molecule has 8 aromatic carbocycles. The van der Waals surface area contributed by atoms with Crippen LogP contribution in [-0.2, 0) is 5.60 Å². The van der Waals surface area contributed by atoms with Gasteiger partial charge in [-0.1, -0.05) is 152 Å². The summed E-state index contributed by atoms with van der Waals surface area (Å²) in [7, 11) is 0. The third-order valence-electron chi connectivity index (χ3n) is 10.4. The van der Waals surface area contributed by atoms with Gasteiger partial charge in [-0.2, -0.15) is 0 Å². The minimum absolute atomic E-state index is 0.788. The molecule has 260 valence electrons. The van der Waals surface area contributed by atoms with Gasteiger partial charge in [0.25, 0.3) is 0 Å².